The van der Waals surface area contributed by atoms with Gasteiger partial charge in [-0.1, -0.05) is 48.5 Å². The highest BCUT2D eigenvalue weighted by Crippen LogP contribution is 2.28. The SMILES string of the molecule is CN(Cc1ccccc1)C(=O)c1cc(NC(=O)c2ccccc2)ccc1N1CCN(C(=O)NC(C)(C)C)CC1. The number of piperazine rings is 1. The summed E-state index contributed by atoms with van der Waals surface area (Å²) in [5.41, 5.74) is 3.10. The van der Waals surface area contributed by atoms with E-state index in [4.69, 9.17) is 0 Å². The van der Waals surface area contributed by atoms with E-state index in [2.05, 4.69) is 15.5 Å². The fourth-order valence-corrected chi connectivity index (χ4v) is 4.54. The van der Waals surface area contributed by atoms with E-state index in [-0.39, 0.29) is 23.4 Å². The first-order valence-electron chi connectivity index (χ1n) is 13.2. The highest BCUT2D eigenvalue weighted by molar-refractivity contribution is 6.06. The maximum atomic E-state index is 13.8. The molecule has 8 nitrogen and oxygen atoms in total. The van der Waals surface area contributed by atoms with Gasteiger partial charge in [0.2, 0.25) is 0 Å². The molecule has 2 N–H and O–H groups in total. The molecule has 39 heavy (non-hydrogen) atoms. The summed E-state index contributed by atoms with van der Waals surface area (Å²) >= 11 is 0. The Morgan fingerprint density at radius 3 is 2.08 bits per heavy atom. The molecule has 1 fully saturated rings. The number of amides is 4. The van der Waals surface area contributed by atoms with Crippen molar-refractivity contribution in [2.24, 2.45) is 0 Å². The number of carbonyl (C=O) groups is 3. The molecule has 0 atom stereocenters. The molecule has 1 saturated heterocycles. The average Bonchev–Trinajstić information content (AvgIpc) is 2.93. The predicted molar refractivity (Wildman–Crippen MR) is 155 cm³/mol. The van der Waals surface area contributed by atoms with Gasteiger partial charge in [0.15, 0.2) is 0 Å². The molecule has 0 spiro atoms. The minimum atomic E-state index is -0.308. The molecular weight excluding hydrogens is 490 g/mol. The van der Waals surface area contributed by atoms with Crippen molar-refractivity contribution in [3.05, 3.63) is 95.6 Å². The molecule has 3 aromatic rings. The summed E-state index contributed by atoms with van der Waals surface area (Å²) in [6, 6.07) is 24.2. The molecule has 0 unspecified atom stereocenters. The van der Waals surface area contributed by atoms with Crippen LogP contribution in [0.2, 0.25) is 0 Å². The Bertz CT molecular complexity index is 1300. The highest BCUT2D eigenvalue weighted by atomic mass is 16.2. The normalized spacial score (nSPS) is 13.5. The van der Waals surface area contributed by atoms with Gasteiger partial charge in [-0.25, -0.2) is 4.79 Å². The van der Waals surface area contributed by atoms with Crippen molar-refractivity contribution in [3.63, 3.8) is 0 Å². The van der Waals surface area contributed by atoms with E-state index in [1.54, 1.807) is 35.0 Å². The van der Waals surface area contributed by atoms with E-state index in [1.807, 2.05) is 81.4 Å². The molecule has 204 valence electrons. The minimum absolute atomic E-state index is 0.0833. The van der Waals surface area contributed by atoms with E-state index in [0.29, 0.717) is 49.5 Å². The Morgan fingerprint density at radius 1 is 0.846 bits per heavy atom. The molecule has 0 bridgehead atoms. The monoisotopic (exact) mass is 527 g/mol. The second kappa shape index (κ2) is 12.0. The van der Waals surface area contributed by atoms with Gasteiger partial charge in [-0.05, 0) is 56.7 Å². The van der Waals surface area contributed by atoms with E-state index < -0.39 is 0 Å². The molecule has 1 aliphatic heterocycles. The van der Waals surface area contributed by atoms with Crippen LogP contribution in [0, 0.1) is 0 Å². The van der Waals surface area contributed by atoms with Gasteiger partial charge in [0.25, 0.3) is 11.8 Å². The van der Waals surface area contributed by atoms with Crippen LogP contribution >= 0.6 is 0 Å². The molecule has 4 amide bonds. The van der Waals surface area contributed by atoms with E-state index >= 15 is 0 Å². The van der Waals surface area contributed by atoms with Crippen LogP contribution in [0.4, 0.5) is 16.2 Å². The maximum absolute atomic E-state index is 13.8. The Morgan fingerprint density at radius 2 is 1.46 bits per heavy atom. The zero-order valence-corrected chi connectivity index (χ0v) is 23.1. The quantitative estimate of drug-likeness (QED) is 0.480. The molecule has 0 aromatic heterocycles. The summed E-state index contributed by atoms with van der Waals surface area (Å²) in [4.78, 5) is 44.8. The van der Waals surface area contributed by atoms with Crippen LogP contribution in [0.15, 0.2) is 78.9 Å². The Hall–Kier alpha value is -4.33. The average molecular weight is 528 g/mol. The van der Waals surface area contributed by atoms with E-state index in [9.17, 15) is 14.4 Å². The minimum Gasteiger partial charge on any atom is -0.367 e. The number of urea groups is 1. The molecule has 0 aliphatic carbocycles. The van der Waals surface area contributed by atoms with Crippen LogP contribution in [0.1, 0.15) is 47.1 Å². The number of nitrogens with zero attached hydrogens (tertiary/aromatic N) is 3. The molecule has 1 heterocycles. The molecule has 0 saturated carbocycles. The topological polar surface area (TPSA) is 85.0 Å². The lowest BCUT2D eigenvalue weighted by atomic mass is 10.1. The fourth-order valence-electron chi connectivity index (χ4n) is 4.54. The van der Waals surface area contributed by atoms with Crippen LogP contribution in [0.5, 0.6) is 0 Å². The van der Waals surface area contributed by atoms with Crippen molar-refractivity contribution in [2.75, 3.05) is 43.4 Å². The first kappa shape index (κ1) is 27.7. The number of nitrogens with one attached hydrogen (secondary N) is 2. The number of anilines is 2. The van der Waals surface area contributed by atoms with Crippen LogP contribution in [-0.2, 0) is 6.54 Å². The third-order valence-electron chi connectivity index (χ3n) is 6.52. The Balaban J connectivity index is 1.56. The number of rotatable bonds is 6. The summed E-state index contributed by atoms with van der Waals surface area (Å²) in [7, 11) is 1.78. The van der Waals surface area contributed by atoms with Crippen molar-refractivity contribution in [3.8, 4) is 0 Å². The van der Waals surface area contributed by atoms with Crippen LogP contribution in [0.25, 0.3) is 0 Å². The predicted octanol–water partition coefficient (Wildman–Crippen LogP) is 4.84. The van der Waals surface area contributed by atoms with Crippen molar-refractivity contribution < 1.29 is 14.4 Å². The zero-order valence-electron chi connectivity index (χ0n) is 23.1. The van der Waals surface area contributed by atoms with Gasteiger partial charge in [0.05, 0.1) is 5.56 Å². The van der Waals surface area contributed by atoms with Crippen molar-refractivity contribution in [1.29, 1.82) is 0 Å². The van der Waals surface area contributed by atoms with Gasteiger partial charge >= 0.3 is 6.03 Å². The van der Waals surface area contributed by atoms with Gasteiger partial charge in [-0.3, -0.25) is 9.59 Å². The summed E-state index contributed by atoms with van der Waals surface area (Å²) < 4.78 is 0. The summed E-state index contributed by atoms with van der Waals surface area (Å²) in [6.07, 6.45) is 0. The summed E-state index contributed by atoms with van der Waals surface area (Å²) in [5.74, 6) is -0.379. The van der Waals surface area contributed by atoms with Crippen molar-refractivity contribution in [2.45, 2.75) is 32.9 Å². The van der Waals surface area contributed by atoms with Crippen LogP contribution < -0.4 is 15.5 Å². The molecule has 8 heteroatoms. The molecule has 1 aliphatic rings. The second-order valence-electron chi connectivity index (χ2n) is 10.9. The number of hydrogen-bond donors (Lipinski definition) is 2. The number of benzene rings is 3. The summed E-state index contributed by atoms with van der Waals surface area (Å²) in [6.45, 7) is 8.62. The first-order chi connectivity index (χ1) is 18.6. The van der Waals surface area contributed by atoms with Crippen LogP contribution in [0.3, 0.4) is 0 Å². The molecule has 3 aromatic carbocycles. The Labute approximate surface area is 230 Å². The lowest BCUT2D eigenvalue weighted by molar-refractivity contribution is 0.0785. The zero-order chi connectivity index (χ0) is 28.0. The molecular formula is C31H37N5O3. The van der Waals surface area contributed by atoms with E-state index in [1.165, 1.54) is 0 Å². The lowest BCUT2D eigenvalue weighted by Crippen LogP contribution is -2.55. The van der Waals surface area contributed by atoms with Crippen molar-refractivity contribution in [1.82, 2.24) is 15.1 Å². The summed E-state index contributed by atoms with van der Waals surface area (Å²) in [5, 5.41) is 5.94. The van der Waals surface area contributed by atoms with Gasteiger partial charge < -0.3 is 25.3 Å². The first-order valence-corrected chi connectivity index (χ1v) is 13.2. The van der Waals surface area contributed by atoms with Crippen molar-refractivity contribution >= 4 is 29.2 Å². The molecule has 0 radical (unpaired) electrons. The third kappa shape index (κ3) is 7.37. The van der Waals surface area contributed by atoms with Gasteiger partial charge in [0, 0.05) is 62.2 Å². The highest BCUT2D eigenvalue weighted by Gasteiger charge is 2.27. The maximum Gasteiger partial charge on any atom is 0.317 e. The van der Waals surface area contributed by atoms with Crippen LogP contribution in [-0.4, -0.2) is 66.4 Å². The third-order valence-corrected chi connectivity index (χ3v) is 6.52. The van der Waals surface area contributed by atoms with E-state index in [0.717, 1.165) is 11.3 Å². The largest absolute Gasteiger partial charge is 0.367 e. The standard InChI is InChI=1S/C31H37N5O3/c1-31(2,3)33-30(39)36-19-17-35(18-20-36)27-16-15-25(32-28(37)24-13-9-6-10-14-24)21-26(27)29(38)34(4)22-23-11-7-5-8-12-23/h5-16,21H,17-20,22H2,1-4H3,(H,32,37)(H,33,39). The van der Waals surface area contributed by atoms with Gasteiger partial charge in [-0.15, -0.1) is 0 Å². The Kier molecular flexibility index (Phi) is 8.54. The van der Waals surface area contributed by atoms with Gasteiger partial charge in [-0.2, -0.15) is 0 Å². The number of carbonyl (C=O) groups excluding carboxylic acids is 3. The fraction of sp³-hybridized carbons (Fsp3) is 0.323. The molecule has 4 rings (SSSR count). The van der Waals surface area contributed by atoms with Gasteiger partial charge in [0.1, 0.15) is 0 Å². The second-order valence-corrected chi connectivity index (χ2v) is 10.9. The smallest absolute Gasteiger partial charge is 0.317 e. The lowest BCUT2D eigenvalue weighted by Gasteiger charge is -2.38. The number of hydrogen-bond acceptors (Lipinski definition) is 4.